The summed E-state index contributed by atoms with van der Waals surface area (Å²) in [5.74, 6) is -3.14. The fourth-order valence-electron chi connectivity index (χ4n) is 4.73. The monoisotopic (exact) mass is 568 g/mol. The second-order valence-corrected chi connectivity index (χ2v) is 9.96. The molecule has 0 bridgehead atoms. The third-order valence-corrected chi connectivity index (χ3v) is 6.98. The van der Waals surface area contributed by atoms with Crippen molar-refractivity contribution in [1.29, 1.82) is 0 Å². The van der Waals surface area contributed by atoms with Crippen LogP contribution in [0.1, 0.15) is 46.5 Å². The summed E-state index contributed by atoms with van der Waals surface area (Å²) in [6.07, 6.45) is 0.896. The first-order valence-electron chi connectivity index (χ1n) is 13.0. The third-order valence-electron chi connectivity index (χ3n) is 6.98. The number of hydrogen-bond acceptors (Lipinski definition) is 4. The van der Waals surface area contributed by atoms with Crippen LogP contribution in [0.5, 0.6) is 0 Å². The minimum Gasteiger partial charge on any atom is -0.460 e. The van der Waals surface area contributed by atoms with Crippen molar-refractivity contribution >= 4 is 28.7 Å². The number of piperidine rings is 1. The normalized spacial score (nSPS) is 15.5. The Labute approximate surface area is 232 Å². The molecule has 5 rings (SSSR count). The van der Waals surface area contributed by atoms with Gasteiger partial charge in [0.05, 0.1) is 5.56 Å². The number of ketones is 1. The SMILES string of the molecule is O=C(/C=C/c1cccnc1)CCc1cc2cc(-c3ccc(C(=O)N4CCC(F)(F)CC4)cc3)cc(C(F)(F)F)c2o1. The zero-order chi connectivity index (χ0) is 29.2. The number of pyridine rings is 1. The van der Waals surface area contributed by atoms with Crippen molar-refractivity contribution in [1.82, 2.24) is 9.88 Å². The van der Waals surface area contributed by atoms with E-state index >= 15 is 0 Å². The lowest BCUT2D eigenvalue weighted by Crippen LogP contribution is -2.42. The molecule has 41 heavy (non-hydrogen) atoms. The van der Waals surface area contributed by atoms with Crippen molar-refractivity contribution in [2.45, 2.75) is 37.8 Å². The van der Waals surface area contributed by atoms with Crippen LogP contribution < -0.4 is 0 Å². The predicted octanol–water partition coefficient (Wildman–Crippen LogP) is 7.60. The summed E-state index contributed by atoms with van der Waals surface area (Å²) in [7, 11) is 0. The maximum atomic E-state index is 14.0. The molecule has 10 heteroatoms. The van der Waals surface area contributed by atoms with Gasteiger partial charge in [0, 0.05) is 62.1 Å². The topological polar surface area (TPSA) is 63.4 Å². The van der Waals surface area contributed by atoms with Gasteiger partial charge in [0.25, 0.3) is 11.8 Å². The van der Waals surface area contributed by atoms with Crippen LogP contribution >= 0.6 is 0 Å². The van der Waals surface area contributed by atoms with Crippen molar-refractivity contribution in [3.8, 4) is 11.1 Å². The summed E-state index contributed by atoms with van der Waals surface area (Å²) in [6, 6.07) is 13.6. The summed E-state index contributed by atoms with van der Waals surface area (Å²) in [5.41, 5.74) is 0.461. The number of hydrogen-bond donors (Lipinski definition) is 0. The number of halogens is 5. The van der Waals surface area contributed by atoms with E-state index in [4.69, 9.17) is 4.42 Å². The van der Waals surface area contributed by atoms with E-state index in [1.54, 1.807) is 36.7 Å². The van der Waals surface area contributed by atoms with E-state index < -0.39 is 36.4 Å². The Morgan fingerprint density at radius 1 is 1.00 bits per heavy atom. The fraction of sp³-hybridized carbons (Fsp3) is 0.258. The number of carbonyl (C=O) groups is 2. The predicted molar refractivity (Wildman–Crippen MR) is 143 cm³/mol. The molecule has 0 spiro atoms. The van der Waals surface area contributed by atoms with Crippen molar-refractivity contribution in [2.24, 2.45) is 0 Å². The zero-order valence-electron chi connectivity index (χ0n) is 21.8. The van der Waals surface area contributed by atoms with E-state index in [-0.39, 0.29) is 59.6 Å². The highest BCUT2D eigenvalue weighted by molar-refractivity contribution is 5.95. The van der Waals surface area contributed by atoms with E-state index in [0.717, 1.165) is 11.6 Å². The average molecular weight is 569 g/mol. The number of rotatable bonds is 7. The number of alkyl halides is 5. The molecule has 1 aliphatic rings. The lowest BCUT2D eigenvalue weighted by Gasteiger charge is -2.31. The van der Waals surface area contributed by atoms with Crippen LogP contribution in [-0.2, 0) is 17.4 Å². The first-order chi connectivity index (χ1) is 19.5. The van der Waals surface area contributed by atoms with Gasteiger partial charge in [-0.2, -0.15) is 13.2 Å². The van der Waals surface area contributed by atoms with Gasteiger partial charge < -0.3 is 9.32 Å². The van der Waals surface area contributed by atoms with Crippen molar-refractivity contribution in [3.05, 3.63) is 95.5 Å². The van der Waals surface area contributed by atoms with E-state index in [0.29, 0.717) is 5.56 Å². The van der Waals surface area contributed by atoms with Crippen LogP contribution in [0.15, 0.2) is 77.5 Å². The number of furan rings is 1. The third kappa shape index (κ3) is 6.70. The van der Waals surface area contributed by atoms with Crippen LogP contribution in [0.4, 0.5) is 22.0 Å². The summed E-state index contributed by atoms with van der Waals surface area (Å²) in [6.45, 7) is -0.122. The molecule has 0 radical (unpaired) electrons. The van der Waals surface area contributed by atoms with Crippen LogP contribution in [0, 0.1) is 0 Å². The molecule has 212 valence electrons. The fourth-order valence-corrected chi connectivity index (χ4v) is 4.73. The summed E-state index contributed by atoms with van der Waals surface area (Å²) < 4.78 is 74.4. The molecular formula is C31H25F5N2O3. The number of carbonyl (C=O) groups excluding carboxylic acids is 2. The number of fused-ring (bicyclic) bond motifs is 1. The molecule has 0 aliphatic carbocycles. The Hall–Kier alpha value is -4.34. The molecule has 0 atom stereocenters. The number of benzene rings is 2. The summed E-state index contributed by atoms with van der Waals surface area (Å²) >= 11 is 0. The smallest absolute Gasteiger partial charge is 0.420 e. The molecule has 1 fully saturated rings. The first kappa shape index (κ1) is 28.2. The molecule has 2 aromatic heterocycles. The van der Waals surface area contributed by atoms with Gasteiger partial charge in [-0.25, -0.2) is 8.78 Å². The van der Waals surface area contributed by atoms with Crippen molar-refractivity contribution < 1.29 is 36.0 Å². The van der Waals surface area contributed by atoms with Gasteiger partial charge in [-0.15, -0.1) is 0 Å². The Morgan fingerprint density at radius 3 is 2.39 bits per heavy atom. The maximum Gasteiger partial charge on any atom is 0.420 e. The molecular weight excluding hydrogens is 543 g/mol. The average Bonchev–Trinajstić information content (AvgIpc) is 3.37. The lowest BCUT2D eigenvalue weighted by atomic mass is 9.98. The second-order valence-electron chi connectivity index (χ2n) is 9.96. The first-order valence-corrected chi connectivity index (χ1v) is 13.0. The zero-order valence-corrected chi connectivity index (χ0v) is 21.8. The van der Waals surface area contributed by atoms with Gasteiger partial charge >= 0.3 is 6.18 Å². The molecule has 5 nitrogen and oxygen atoms in total. The number of allylic oxidation sites excluding steroid dienone is 1. The van der Waals surface area contributed by atoms with Gasteiger partial charge in [-0.1, -0.05) is 18.2 Å². The number of nitrogens with zero attached hydrogens (tertiary/aromatic N) is 2. The number of likely N-dealkylation sites (tertiary alicyclic amines) is 1. The number of aromatic nitrogens is 1. The van der Waals surface area contributed by atoms with E-state index in [2.05, 4.69) is 4.98 Å². The van der Waals surface area contributed by atoms with Crippen molar-refractivity contribution in [2.75, 3.05) is 13.1 Å². The van der Waals surface area contributed by atoms with E-state index in [9.17, 15) is 31.5 Å². The van der Waals surface area contributed by atoms with Crippen LogP contribution in [0.2, 0.25) is 0 Å². The highest BCUT2D eigenvalue weighted by atomic mass is 19.4. The number of amides is 1. The quantitative estimate of drug-likeness (QED) is 0.170. The lowest BCUT2D eigenvalue weighted by molar-refractivity contribution is -0.136. The highest BCUT2D eigenvalue weighted by Crippen LogP contribution is 2.39. The Morgan fingerprint density at radius 2 is 1.73 bits per heavy atom. The largest absolute Gasteiger partial charge is 0.460 e. The minimum atomic E-state index is -4.70. The molecule has 2 aromatic carbocycles. The standard InChI is InChI=1S/C31H25F5N2O3/c32-30(33)11-14-38(15-12-30)29(40)22-6-4-21(5-7-22)23-16-24-17-26(41-28(24)27(18-23)31(34,35)36)10-9-25(39)8-3-20-2-1-13-37-19-20/h1-8,13,16-19H,9-12,14-15H2/b8-3+. The van der Waals surface area contributed by atoms with Crippen molar-refractivity contribution in [3.63, 3.8) is 0 Å². The Balaban J connectivity index is 1.34. The minimum absolute atomic E-state index is 0.0505. The maximum absolute atomic E-state index is 14.0. The van der Waals surface area contributed by atoms with Gasteiger partial charge in [0.15, 0.2) is 5.78 Å². The molecule has 0 saturated carbocycles. The molecule has 1 amide bonds. The van der Waals surface area contributed by atoms with Crippen LogP contribution in [0.25, 0.3) is 28.2 Å². The summed E-state index contributed by atoms with van der Waals surface area (Å²) in [5, 5.41) is 0.234. The van der Waals surface area contributed by atoms with E-state index in [1.807, 2.05) is 0 Å². The molecule has 0 N–H and O–H groups in total. The van der Waals surface area contributed by atoms with E-state index in [1.165, 1.54) is 41.3 Å². The Kier molecular flexibility index (Phi) is 7.75. The molecule has 0 unspecified atom stereocenters. The Bertz CT molecular complexity index is 1580. The molecule has 1 aliphatic heterocycles. The summed E-state index contributed by atoms with van der Waals surface area (Å²) in [4.78, 5) is 30.3. The molecule has 3 heterocycles. The highest BCUT2D eigenvalue weighted by Gasteiger charge is 2.36. The van der Waals surface area contributed by atoms with Gasteiger partial charge in [-0.3, -0.25) is 14.6 Å². The van der Waals surface area contributed by atoms with Crippen LogP contribution in [0.3, 0.4) is 0 Å². The van der Waals surface area contributed by atoms with Gasteiger partial charge in [-0.05, 0) is 65.2 Å². The van der Waals surface area contributed by atoms with Crippen LogP contribution in [-0.4, -0.2) is 40.6 Å². The molecule has 1 saturated heterocycles. The second kappa shape index (κ2) is 11.3. The van der Waals surface area contributed by atoms with Gasteiger partial charge in [0.2, 0.25) is 0 Å². The molecule has 4 aromatic rings. The number of aryl methyl sites for hydroxylation is 1. The van der Waals surface area contributed by atoms with Gasteiger partial charge in [0.1, 0.15) is 11.3 Å².